The lowest BCUT2D eigenvalue weighted by Gasteiger charge is -1.98. The van der Waals surface area contributed by atoms with Gasteiger partial charge in [-0.25, -0.2) is 25.6 Å². The summed E-state index contributed by atoms with van der Waals surface area (Å²) in [5.41, 5.74) is 17.9. The summed E-state index contributed by atoms with van der Waals surface area (Å²) >= 11 is 0. The number of sulfonamides is 1. The quantitative estimate of drug-likeness (QED) is 0.107. The molecule has 0 heterocycles. The third-order valence-corrected chi connectivity index (χ3v) is 2.20. The SMILES string of the molecule is C=C(C)NN.C=C(CC)NN.C=C(NC)NN.CN.CNN.CNOC.CON.CS(=O)(=O)NN. The van der Waals surface area contributed by atoms with Gasteiger partial charge in [-0.05, 0) is 27.4 Å². The molecule has 220 valence electrons. The molecule has 35 heavy (non-hydrogen) atoms. The van der Waals surface area contributed by atoms with Crippen LogP contribution in [0.4, 0.5) is 0 Å². The van der Waals surface area contributed by atoms with Crippen LogP contribution in [0.2, 0.25) is 0 Å². The van der Waals surface area contributed by atoms with E-state index in [2.05, 4.69) is 85.2 Å². The van der Waals surface area contributed by atoms with Crippen LogP contribution >= 0.6 is 0 Å². The first-order chi connectivity index (χ1) is 16.2. The maximum absolute atomic E-state index is 9.76. The Labute approximate surface area is 212 Å². The zero-order valence-corrected chi connectivity index (χ0v) is 23.7. The highest BCUT2D eigenvalue weighted by Crippen LogP contribution is 1.83. The van der Waals surface area contributed by atoms with Crippen LogP contribution in [0.1, 0.15) is 20.3 Å². The maximum Gasteiger partial charge on any atom is 0.221 e. The van der Waals surface area contributed by atoms with Crippen molar-refractivity contribution in [3.8, 4) is 0 Å². The van der Waals surface area contributed by atoms with Gasteiger partial charge in [-0.3, -0.25) is 28.8 Å². The number of hydroxylamine groups is 1. The number of nitrogens with two attached hydrogens (primary N) is 7. The lowest BCUT2D eigenvalue weighted by Crippen LogP contribution is -2.28. The van der Waals surface area contributed by atoms with Crippen LogP contribution in [0.3, 0.4) is 0 Å². The number of hydrogen-bond acceptors (Lipinski definition) is 17. The second-order valence-corrected chi connectivity index (χ2v) is 6.50. The van der Waals surface area contributed by atoms with E-state index in [1.54, 1.807) is 40.0 Å². The Kier molecular flexibility index (Phi) is 89.6. The van der Waals surface area contributed by atoms with Gasteiger partial charge in [-0.15, -0.1) is 0 Å². The molecule has 18 nitrogen and oxygen atoms in total. The normalized spacial score (nSPS) is 7.54. The van der Waals surface area contributed by atoms with Crippen molar-refractivity contribution in [1.29, 1.82) is 0 Å². The fraction of sp³-hybridized carbons (Fsp3) is 0.625. The molecule has 0 saturated heterocycles. The molecule has 0 radical (unpaired) electrons. The molecule has 0 aromatic rings. The van der Waals surface area contributed by atoms with Gasteiger partial charge in [-0.2, -0.15) is 4.83 Å². The largest absolute Gasteiger partial charge is 0.374 e. The molecule has 0 unspecified atom stereocenters. The summed E-state index contributed by atoms with van der Waals surface area (Å²) < 4.78 is 19.5. The van der Waals surface area contributed by atoms with Gasteiger partial charge in [0.15, 0.2) is 0 Å². The topological polar surface area (TPSA) is 319 Å². The first-order valence-corrected chi connectivity index (χ1v) is 11.2. The van der Waals surface area contributed by atoms with Gasteiger partial charge in [0, 0.05) is 25.5 Å². The van der Waals surface area contributed by atoms with Crippen molar-refractivity contribution in [3.63, 3.8) is 0 Å². The fourth-order valence-electron chi connectivity index (χ4n) is 0.174. The smallest absolute Gasteiger partial charge is 0.221 e. The van der Waals surface area contributed by atoms with Crippen molar-refractivity contribution in [1.82, 2.24) is 37.3 Å². The Morgan fingerprint density at radius 3 is 1.14 bits per heavy atom. The first-order valence-electron chi connectivity index (χ1n) is 9.34. The number of nitrogens with one attached hydrogen (secondary N) is 7. The van der Waals surface area contributed by atoms with Crippen molar-refractivity contribution in [2.45, 2.75) is 20.3 Å². The van der Waals surface area contributed by atoms with Crippen molar-refractivity contribution < 1.29 is 18.1 Å². The van der Waals surface area contributed by atoms with E-state index in [1.165, 1.54) is 14.2 Å². The van der Waals surface area contributed by atoms with E-state index < -0.39 is 10.0 Å². The third-order valence-electron chi connectivity index (χ3n) is 1.77. The highest BCUT2D eigenvalue weighted by molar-refractivity contribution is 7.88. The van der Waals surface area contributed by atoms with Gasteiger partial charge < -0.3 is 37.0 Å². The number of hydrogen-bond donors (Lipinski definition) is 14. The molecule has 0 bridgehead atoms. The predicted octanol–water partition coefficient (Wildman–Crippen LogP) is -4.17. The summed E-state index contributed by atoms with van der Waals surface area (Å²) in [5.74, 6) is 28.7. The standard InChI is InChI=1S/C4H10N2.C3H9N3.C3H8N2.C2H7NO.CH6N2O2S.CH6N2.CH5NO.CH5N/c1-3-4(2)6-5;1-3(5-2)6-4;1-3(2)5-4;1-3-4-2;1-6(4,5)3-2;2*1-3-2;1-2/h6H,2-3,5H2,1H3;5-6H,1,4H2,2H3;5H,1,4H2,2H3;3H,1-2H3;3H,2H2,1H3;3H,2H2,1H3;2H2,1H3;2H2,1H3. The summed E-state index contributed by atoms with van der Waals surface area (Å²) in [6, 6.07) is 0. The molecule has 0 atom stereocenters. The van der Waals surface area contributed by atoms with E-state index in [1.807, 2.05) is 6.92 Å². The zero-order valence-electron chi connectivity index (χ0n) is 22.9. The van der Waals surface area contributed by atoms with Crippen LogP contribution in [-0.4, -0.2) is 57.1 Å². The highest BCUT2D eigenvalue weighted by atomic mass is 32.2. The Balaban J connectivity index is -0.0000000406. The zero-order chi connectivity index (χ0) is 30.3. The molecule has 0 spiro atoms. The predicted molar refractivity (Wildman–Crippen MR) is 147 cm³/mol. The Bertz CT molecular complexity index is 451. The second kappa shape index (κ2) is 58.1. The van der Waals surface area contributed by atoms with Crippen molar-refractivity contribution >= 4 is 10.0 Å². The second-order valence-electron chi connectivity index (χ2n) is 4.72. The van der Waals surface area contributed by atoms with Gasteiger partial charge >= 0.3 is 0 Å². The molecule has 0 aromatic heterocycles. The average molecular weight is 541 g/mol. The molecule has 0 amide bonds. The molecule has 21 N–H and O–H groups in total. The maximum atomic E-state index is 9.76. The first kappa shape index (κ1) is 54.0. The van der Waals surface area contributed by atoms with E-state index in [0.717, 1.165) is 24.1 Å². The molecule has 0 aliphatic heterocycles. The minimum Gasteiger partial charge on any atom is -0.374 e. The minimum absolute atomic E-state index is 0.620. The van der Waals surface area contributed by atoms with Crippen LogP contribution in [0.25, 0.3) is 0 Å². The van der Waals surface area contributed by atoms with Crippen molar-refractivity contribution in [2.75, 3.05) is 48.7 Å². The van der Waals surface area contributed by atoms with Gasteiger partial charge in [0.2, 0.25) is 10.0 Å². The highest BCUT2D eigenvalue weighted by Gasteiger charge is 1.88. The molecule has 0 fully saturated rings. The fourth-order valence-corrected chi connectivity index (χ4v) is 0.174. The summed E-state index contributed by atoms with van der Waals surface area (Å²) in [7, 11) is 6.44. The molecule has 0 rings (SSSR count). The Morgan fingerprint density at radius 2 is 1.14 bits per heavy atom. The third kappa shape index (κ3) is 202. The van der Waals surface area contributed by atoms with Gasteiger partial charge in [0.1, 0.15) is 5.82 Å². The number of rotatable bonds is 7. The lowest BCUT2D eigenvalue weighted by molar-refractivity contribution is 0.112. The van der Waals surface area contributed by atoms with Gasteiger partial charge in [-0.1, -0.05) is 26.7 Å². The monoisotopic (exact) mass is 540 g/mol. The molecular formula is C16H56N14O4S. The van der Waals surface area contributed by atoms with Crippen LogP contribution in [-0.2, 0) is 19.7 Å². The van der Waals surface area contributed by atoms with Crippen LogP contribution < -0.4 is 78.2 Å². The van der Waals surface area contributed by atoms with Crippen molar-refractivity contribution in [2.24, 2.45) is 40.8 Å². The summed E-state index contributed by atoms with van der Waals surface area (Å²) in [5, 5.41) is 2.68. The summed E-state index contributed by atoms with van der Waals surface area (Å²) in [6.45, 7) is 14.2. The minimum atomic E-state index is -3.13. The van der Waals surface area contributed by atoms with Gasteiger partial charge in [0.25, 0.3) is 0 Å². The van der Waals surface area contributed by atoms with Crippen LogP contribution in [0, 0.1) is 0 Å². The Hall–Kier alpha value is -2.11. The van der Waals surface area contributed by atoms with Crippen LogP contribution in [0.15, 0.2) is 37.0 Å². The molecule has 19 heteroatoms. The van der Waals surface area contributed by atoms with E-state index in [4.69, 9.17) is 17.5 Å². The van der Waals surface area contributed by atoms with E-state index in [0.29, 0.717) is 5.82 Å². The van der Waals surface area contributed by atoms with E-state index in [9.17, 15) is 8.42 Å². The van der Waals surface area contributed by atoms with Gasteiger partial charge in [0.05, 0.1) is 20.5 Å². The summed E-state index contributed by atoms with van der Waals surface area (Å²) in [4.78, 5) is 9.62. The van der Waals surface area contributed by atoms with E-state index in [-0.39, 0.29) is 0 Å². The molecule has 0 aliphatic carbocycles. The van der Waals surface area contributed by atoms with Crippen LogP contribution in [0.5, 0.6) is 0 Å². The lowest BCUT2D eigenvalue weighted by atomic mass is 10.4. The van der Waals surface area contributed by atoms with Crippen molar-refractivity contribution in [3.05, 3.63) is 37.0 Å². The molecule has 0 aliphatic rings. The molecule has 0 aromatic carbocycles. The Morgan fingerprint density at radius 1 is 0.886 bits per heavy atom. The average Bonchev–Trinajstić information content (AvgIpc) is 2.85. The number of allylic oxidation sites excluding steroid dienone is 2. The molecule has 0 saturated carbocycles. The molecular weight excluding hydrogens is 484 g/mol. The summed E-state index contributed by atoms with van der Waals surface area (Å²) in [6.07, 6.45) is 1.88. The van der Waals surface area contributed by atoms with E-state index >= 15 is 0 Å². The number of hydrazine groups is 5.